The fourth-order valence-corrected chi connectivity index (χ4v) is 4.70. The second-order valence-corrected chi connectivity index (χ2v) is 9.21. The minimum Gasteiger partial charge on any atom is -0.450 e. The molecule has 8 heteroatoms. The lowest BCUT2D eigenvalue weighted by Gasteiger charge is -2.28. The second kappa shape index (κ2) is 11.7. The van der Waals surface area contributed by atoms with E-state index in [0.717, 1.165) is 42.1 Å². The summed E-state index contributed by atoms with van der Waals surface area (Å²) < 4.78 is 4.92. The van der Waals surface area contributed by atoms with E-state index in [0.29, 0.717) is 48.4 Å². The normalized spacial score (nSPS) is 17.4. The van der Waals surface area contributed by atoms with Crippen molar-refractivity contribution in [2.24, 2.45) is 17.6 Å². The Morgan fingerprint density at radius 3 is 2.22 bits per heavy atom. The number of nitrogens with zero attached hydrogens (tertiary/aromatic N) is 1. The van der Waals surface area contributed by atoms with Crippen LogP contribution in [0.1, 0.15) is 53.3 Å². The Morgan fingerprint density at radius 2 is 1.58 bits per heavy atom. The maximum absolute atomic E-state index is 13.3. The number of pyridine rings is 1. The molecule has 4 N–H and O–H groups in total. The van der Waals surface area contributed by atoms with Gasteiger partial charge in [0.15, 0.2) is 0 Å². The van der Waals surface area contributed by atoms with Crippen molar-refractivity contribution in [1.29, 1.82) is 0 Å². The van der Waals surface area contributed by atoms with Crippen molar-refractivity contribution < 1.29 is 19.1 Å². The van der Waals surface area contributed by atoms with Crippen LogP contribution in [0.4, 0.5) is 4.79 Å². The molecule has 1 aliphatic carbocycles. The van der Waals surface area contributed by atoms with Crippen LogP contribution in [0, 0.1) is 11.8 Å². The lowest BCUT2D eigenvalue weighted by atomic mass is 9.82. The molecule has 0 spiro atoms. The number of carbonyl (C=O) groups excluding carboxylic acids is 3. The van der Waals surface area contributed by atoms with Crippen molar-refractivity contribution in [3.63, 3.8) is 0 Å². The highest BCUT2D eigenvalue weighted by molar-refractivity contribution is 6.07. The summed E-state index contributed by atoms with van der Waals surface area (Å²) in [5.74, 6) is 0.225. The summed E-state index contributed by atoms with van der Waals surface area (Å²) in [5, 5.41) is 6.74. The highest BCUT2D eigenvalue weighted by atomic mass is 16.5. The van der Waals surface area contributed by atoms with Crippen LogP contribution in [0.15, 0.2) is 54.6 Å². The third-order valence-electron chi connectivity index (χ3n) is 6.75. The van der Waals surface area contributed by atoms with Gasteiger partial charge in [0.25, 0.3) is 5.91 Å². The number of para-hydroxylation sites is 1. The van der Waals surface area contributed by atoms with Gasteiger partial charge in [-0.25, -0.2) is 9.78 Å². The van der Waals surface area contributed by atoms with Crippen LogP contribution in [0.2, 0.25) is 0 Å². The molecule has 0 saturated heterocycles. The molecule has 3 amide bonds. The molecule has 0 unspecified atom stereocenters. The first kappa shape index (κ1) is 25.2. The number of carbonyl (C=O) groups is 3. The van der Waals surface area contributed by atoms with Crippen molar-refractivity contribution >= 4 is 28.8 Å². The van der Waals surface area contributed by atoms with Crippen LogP contribution in [0.5, 0.6) is 0 Å². The summed E-state index contributed by atoms with van der Waals surface area (Å²) in [7, 11) is 0. The third kappa shape index (κ3) is 6.19. The van der Waals surface area contributed by atoms with E-state index < -0.39 is 5.91 Å². The van der Waals surface area contributed by atoms with Crippen LogP contribution in [-0.2, 0) is 4.74 Å². The average Bonchev–Trinajstić information content (AvgIpc) is 2.90. The van der Waals surface area contributed by atoms with E-state index in [1.54, 1.807) is 37.3 Å². The van der Waals surface area contributed by atoms with E-state index in [4.69, 9.17) is 15.5 Å². The maximum Gasteiger partial charge on any atom is 0.407 e. The lowest BCUT2D eigenvalue weighted by molar-refractivity contribution is 0.0941. The Hall–Kier alpha value is -3.94. The van der Waals surface area contributed by atoms with Gasteiger partial charge in [-0.2, -0.15) is 0 Å². The maximum atomic E-state index is 13.3. The van der Waals surface area contributed by atoms with Crippen molar-refractivity contribution in [2.75, 3.05) is 19.7 Å². The van der Waals surface area contributed by atoms with Gasteiger partial charge in [-0.3, -0.25) is 9.59 Å². The molecule has 0 aliphatic heterocycles. The standard InChI is InChI=1S/C28H32N4O4/c1-2-36-28(35)31-17-19-9-7-18(8-10-19)16-30-27(34)23-15-25(32-24-6-4-3-5-22(23)24)20-11-13-21(14-12-20)26(29)33/h3-6,11-15,18-19H,2,7-10,16-17H2,1H3,(H2,29,33)(H,30,34)(H,31,35). The third-order valence-corrected chi connectivity index (χ3v) is 6.75. The quantitative estimate of drug-likeness (QED) is 0.437. The first-order chi connectivity index (χ1) is 17.4. The fraction of sp³-hybridized carbons (Fsp3) is 0.357. The number of hydrogen-bond donors (Lipinski definition) is 3. The van der Waals surface area contributed by atoms with Gasteiger partial charge in [0.05, 0.1) is 23.4 Å². The Labute approximate surface area is 210 Å². The zero-order valence-corrected chi connectivity index (χ0v) is 20.5. The van der Waals surface area contributed by atoms with Crippen LogP contribution in [0.25, 0.3) is 22.2 Å². The number of primary amides is 1. The minimum atomic E-state index is -0.489. The monoisotopic (exact) mass is 488 g/mol. The molecule has 1 aromatic heterocycles. The number of ether oxygens (including phenoxy) is 1. The number of hydrogen-bond acceptors (Lipinski definition) is 5. The predicted molar refractivity (Wildman–Crippen MR) is 139 cm³/mol. The van der Waals surface area contributed by atoms with E-state index in [9.17, 15) is 14.4 Å². The van der Waals surface area contributed by atoms with Gasteiger partial charge in [0, 0.05) is 29.6 Å². The Balaban J connectivity index is 1.41. The van der Waals surface area contributed by atoms with Crippen LogP contribution in [-0.4, -0.2) is 42.6 Å². The van der Waals surface area contributed by atoms with Crippen LogP contribution in [0.3, 0.4) is 0 Å². The first-order valence-corrected chi connectivity index (χ1v) is 12.4. The zero-order valence-electron chi connectivity index (χ0n) is 20.5. The molecule has 188 valence electrons. The molecule has 1 heterocycles. The molecule has 1 fully saturated rings. The van der Waals surface area contributed by atoms with Gasteiger partial charge in [-0.15, -0.1) is 0 Å². The topological polar surface area (TPSA) is 123 Å². The minimum absolute atomic E-state index is 0.130. The summed E-state index contributed by atoms with van der Waals surface area (Å²) in [6, 6.07) is 16.3. The highest BCUT2D eigenvalue weighted by Gasteiger charge is 2.23. The van der Waals surface area contributed by atoms with Gasteiger partial charge in [0.2, 0.25) is 5.91 Å². The van der Waals surface area contributed by atoms with E-state index in [-0.39, 0.29) is 12.0 Å². The Bertz CT molecular complexity index is 1230. The molecular formula is C28H32N4O4. The van der Waals surface area contributed by atoms with Crippen molar-refractivity contribution in [2.45, 2.75) is 32.6 Å². The van der Waals surface area contributed by atoms with Crippen molar-refractivity contribution in [1.82, 2.24) is 15.6 Å². The van der Waals surface area contributed by atoms with Gasteiger partial charge in [0.1, 0.15) is 0 Å². The molecule has 3 aromatic rings. The molecular weight excluding hydrogens is 456 g/mol. The number of aromatic nitrogens is 1. The van der Waals surface area contributed by atoms with E-state index >= 15 is 0 Å². The SMILES string of the molecule is CCOC(=O)NCC1CCC(CNC(=O)c2cc(-c3ccc(C(N)=O)cc3)nc3ccccc23)CC1. The van der Waals surface area contributed by atoms with Gasteiger partial charge in [-0.05, 0) is 68.7 Å². The number of rotatable bonds is 8. The van der Waals surface area contributed by atoms with Crippen molar-refractivity contribution in [3.8, 4) is 11.3 Å². The number of alkyl carbamates (subject to hydrolysis) is 1. The molecule has 2 aromatic carbocycles. The molecule has 36 heavy (non-hydrogen) atoms. The lowest BCUT2D eigenvalue weighted by Crippen LogP contribution is -2.34. The predicted octanol–water partition coefficient (Wildman–Crippen LogP) is 4.28. The summed E-state index contributed by atoms with van der Waals surface area (Å²) in [6.45, 7) is 3.39. The van der Waals surface area contributed by atoms with Gasteiger partial charge < -0.3 is 21.1 Å². The van der Waals surface area contributed by atoms with E-state index in [1.165, 1.54) is 0 Å². The van der Waals surface area contributed by atoms with Crippen molar-refractivity contribution in [3.05, 3.63) is 65.7 Å². The molecule has 0 atom stereocenters. The number of nitrogens with one attached hydrogen (secondary N) is 2. The summed E-state index contributed by atoms with van der Waals surface area (Å²) in [4.78, 5) is 40.9. The van der Waals surface area contributed by atoms with E-state index in [2.05, 4.69) is 10.6 Å². The first-order valence-electron chi connectivity index (χ1n) is 12.4. The smallest absolute Gasteiger partial charge is 0.407 e. The zero-order chi connectivity index (χ0) is 25.5. The molecule has 0 bridgehead atoms. The fourth-order valence-electron chi connectivity index (χ4n) is 4.70. The van der Waals surface area contributed by atoms with Gasteiger partial charge >= 0.3 is 6.09 Å². The van der Waals surface area contributed by atoms with Crippen LogP contribution >= 0.6 is 0 Å². The molecule has 1 aliphatic rings. The number of amides is 3. The number of nitrogens with two attached hydrogens (primary N) is 1. The second-order valence-electron chi connectivity index (χ2n) is 9.21. The van der Waals surface area contributed by atoms with Crippen LogP contribution < -0.4 is 16.4 Å². The molecule has 4 rings (SSSR count). The summed E-state index contributed by atoms with van der Waals surface area (Å²) in [6.07, 6.45) is 3.67. The van der Waals surface area contributed by atoms with E-state index in [1.807, 2.05) is 24.3 Å². The van der Waals surface area contributed by atoms with Gasteiger partial charge in [-0.1, -0.05) is 30.3 Å². The molecule has 8 nitrogen and oxygen atoms in total. The average molecular weight is 489 g/mol. The number of benzene rings is 2. The molecule has 0 radical (unpaired) electrons. The highest BCUT2D eigenvalue weighted by Crippen LogP contribution is 2.29. The Morgan fingerprint density at radius 1 is 0.944 bits per heavy atom. The number of fused-ring (bicyclic) bond motifs is 1. The summed E-state index contributed by atoms with van der Waals surface area (Å²) in [5.41, 5.74) is 8.53. The largest absolute Gasteiger partial charge is 0.450 e. The summed E-state index contributed by atoms with van der Waals surface area (Å²) >= 11 is 0. The molecule has 1 saturated carbocycles. The Kier molecular flexibility index (Phi) is 8.15.